The molecular weight excluding hydrogens is 213 g/mol. The van der Waals surface area contributed by atoms with Gasteiger partial charge in [-0.1, -0.05) is 5.22 Å². The Morgan fingerprint density at radius 2 is 2.19 bits per heavy atom. The van der Waals surface area contributed by atoms with E-state index in [0.29, 0.717) is 18.1 Å². The molecule has 86 valence electrons. The van der Waals surface area contributed by atoms with Crippen LogP contribution in [0, 0.1) is 5.82 Å². The van der Waals surface area contributed by atoms with Crippen LogP contribution in [-0.2, 0) is 0 Å². The van der Waals surface area contributed by atoms with Gasteiger partial charge in [0.1, 0.15) is 23.9 Å². The van der Waals surface area contributed by atoms with Gasteiger partial charge >= 0.3 is 0 Å². The molecule has 0 unspecified atom stereocenters. The lowest BCUT2D eigenvalue weighted by molar-refractivity contribution is 0.386. The van der Waals surface area contributed by atoms with Crippen LogP contribution in [0.25, 0.3) is 0 Å². The first-order valence-electron chi connectivity index (χ1n) is 4.65. The Morgan fingerprint density at radius 1 is 1.44 bits per heavy atom. The van der Waals surface area contributed by atoms with Crippen molar-refractivity contribution in [1.82, 2.24) is 5.01 Å². The predicted octanol–water partition coefficient (Wildman–Crippen LogP) is 1.41. The summed E-state index contributed by atoms with van der Waals surface area (Å²) in [7, 11) is 3.24. The van der Waals surface area contributed by atoms with E-state index in [2.05, 4.69) is 10.4 Å². The summed E-state index contributed by atoms with van der Waals surface area (Å²) >= 11 is 0. The number of ether oxygens (including phenoxy) is 1. The van der Waals surface area contributed by atoms with Crippen LogP contribution >= 0.6 is 0 Å². The molecule has 0 spiro atoms. The molecule has 1 heterocycles. The Bertz CT molecular complexity index is 436. The monoisotopic (exact) mass is 225 g/mol. The molecule has 0 amide bonds. The lowest BCUT2D eigenvalue weighted by Gasteiger charge is -2.17. The summed E-state index contributed by atoms with van der Waals surface area (Å²) in [5.74, 6) is -0.133. The van der Waals surface area contributed by atoms with E-state index in [0.717, 1.165) is 0 Å². The summed E-state index contributed by atoms with van der Waals surface area (Å²) in [6.45, 7) is 0.474. The Kier molecular flexibility index (Phi) is 2.51. The second-order valence-corrected chi connectivity index (χ2v) is 3.42. The number of nitrogen functional groups attached to an aromatic ring is 1. The van der Waals surface area contributed by atoms with E-state index in [-0.39, 0.29) is 5.69 Å². The van der Waals surface area contributed by atoms with E-state index < -0.39 is 5.82 Å². The minimum Gasteiger partial charge on any atom is -0.494 e. The molecule has 2 rings (SSSR count). The molecule has 0 saturated carbocycles. The number of methoxy groups -OCH3 is 1. The molecule has 0 aromatic heterocycles. The van der Waals surface area contributed by atoms with Crippen LogP contribution in [-0.4, -0.2) is 25.8 Å². The van der Waals surface area contributed by atoms with Gasteiger partial charge in [-0.3, -0.25) is 5.01 Å². The summed E-state index contributed by atoms with van der Waals surface area (Å²) in [5.41, 5.74) is 6.15. The van der Waals surface area contributed by atoms with E-state index >= 15 is 0 Å². The maximum Gasteiger partial charge on any atom is 0.149 e. The lowest BCUT2D eigenvalue weighted by Crippen LogP contribution is -2.22. The predicted molar refractivity (Wildman–Crippen MR) is 57.3 cm³/mol. The molecule has 1 aliphatic rings. The molecule has 6 nitrogen and oxygen atoms in total. The molecule has 1 aliphatic heterocycles. The van der Waals surface area contributed by atoms with Crippen molar-refractivity contribution in [2.45, 2.75) is 0 Å². The summed E-state index contributed by atoms with van der Waals surface area (Å²) in [5, 5.41) is 10.9. The zero-order valence-corrected chi connectivity index (χ0v) is 9.01. The third-order valence-electron chi connectivity index (χ3n) is 2.22. The maximum atomic E-state index is 13.2. The first-order valence-corrected chi connectivity index (χ1v) is 4.65. The van der Waals surface area contributed by atoms with Crippen molar-refractivity contribution in [2.24, 2.45) is 10.4 Å². The maximum absolute atomic E-state index is 13.2. The van der Waals surface area contributed by atoms with E-state index in [1.54, 1.807) is 17.1 Å². The molecule has 0 bridgehead atoms. The summed E-state index contributed by atoms with van der Waals surface area (Å²) < 4.78 is 18.3. The lowest BCUT2D eigenvalue weighted by atomic mass is 10.2. The van der Waals surface area contributed by atoms with Gasteiger partial charge in [0.25, 0.3) is 0 Å². The Balaban J connectivity index is 2.40. The highest BCUT2D eigenvalue weighted by molar-refractivity contribution is 5.65. The highest BCUT2D eigenvalue weighted by atomic mass is 19.1. The normalized spacial score (nSPS) is 14.7. The number of hydrogen-bond donors (Lipinski definition) is 1. The number of benzene rings is 1. The summed E-state index contributed by atoms with van der Waals surface area (Å²) in [6, 6.07) is 2.71. The number of rotatable bonds is 2. The number of hydrogen-bond acceptors (Lipinski definition) is 6. The van der Waals surface area contributed by atoms with Gasteiger partial charge in [0, 0.05) is 13.1 Å². The minimum atomic E-state index is -0.509. The van der Waals surface area contributed by atoms with Gasteiger partial charge in [-0.25, -0.2) is 9.40 Å². The summed E-state index contributed by atoms with van der Waals surface area (Å²) in [4.78, 5) is 0. The molecular formula is C9H12FN5O. The van der Waals surface area contributed by atoms with E-state index in [4.69, 9.17) is 10.5 Å². The van der Waals surface area contributed by atoms with Crippen molar-refractivity contribution in [2.75, 3.05) is 31.6 Å². The van der Waals surface area contributed by atoms with Gasteiger partial charge in [0.15, 0.2) is 0 Å². The molecule has 2 N–H and O–H groups in total. The standard InChI is InChI=1S/C9H12FN5O/c1-14-5-15(13-12-14)8-4-7(11)6(10)3-9(8)16-2/h3-4H,5,11H2,1-2H3. The van der Waals surface area contributed by atoms with Crippen LogP contribution in [0.2, 0.25) is 0 Å². The van der Waals surface area contributed by atoms with Gasteiger partial charge < -0.3 is 10.5 Å². The van der Waals surface area contributed by atoms with E-state index in [1.807, 2.05) is 0 Å². The highest BCUT2D eigenvalue weighted by Gasteiger charge is 2.19. The fraction of sp³-hybridized carbons (Fsp3) is 0.333. The molecule has 0 radical (unpaired) electrons. The van der Waals surface area contributed by atoms with Gasteiger partial charge in [0.05, 0.1) is 12.8 Å². The fourth-order valence-electron chi connectivity index (χ4n) is 1.42. The number of nitrogens with zero attached hydrogens (tertiary/aromatic N) is 4. The molecule has 7 heteroatoms. The summed E-state index contributed by atoms with van der Waals surface area (Å²) in [6.07, 6.45) is 0. The van der Waals surface area contributed by atoms with Gasteiger partial charge in [-0.05, 0) is 11.3 Å². The van der Waals surface area contributed by atoms with Crippen LogP contribution in [0.3, 0.4) is 0 Å². The first kappa shape index (κ1) is 10.5. The Morgan fingerprint density at radius 3 is 2.75 bits per heavy atom. The van der Waals surface area contributed by atoms with Crippen molar-refractivity contribution in [1.29, 1.82) is 0 Å². The van der Waals surface area contributed by atoms with E-state index in [1.165, 1.54) is 19.2 Å². The molecule has 16 heavy (non-hydrogen) atoms. The SMILES string of the molecule is COc1cc(F)c(N)cc1N1CN(C)N=N1. The topological polar surface area (TPSA) is 66.5 Å². The number of halogens is 1. The number of anilines is 2. The molecule has 0 saturated heterocycles. The zero-order chi connectivity index (χ0) is 11.7. The van der Waals surface area contributed by atoms with Crippen LogP contribution < -0.4 is 15.5 Å². The van der Waals surface area contributed by atoms with Gasteiger partial charge in [0.2, 0.25) is 0 Å². The quantitative estimate of drug-likeness (QED) is 0.773. The van der Waals surface area contributed by atoms with E-state index in [9.17, 15) is 4.39 Å². The molecule has 0 fully saturated rings. The minimum absolute atomic E-state index is 0.0561. The van der Waals surface area contributed by atoms with Crippen molar-refractivity contribution in [3.8, 4) is 5.75 Å². The largest absolute Gasteiger partial charge is 0.494 e. The molecule has 0 aliphatic carbocycles. The van der Waals surface area contributed by atoms with Crippen LogP contribution in [0.1, 0.15) is 0 Å². The molecule has 1 aromatic carbocycles. The molecule has 0 atom stereocenters. The van der Waals surface area contributed by atoms with Gasteiger partial charge in [-0.15, -0.1) is 0 Å². The van der Waals surface area contributed by atoms with Crippen molar-refractivity contribution in [3.63, 3.8) is 0 Å². The highest BCUT2D eigenvalue weighted by Crippen LogP contribution is 2.33. The van der Waals surface area contributed by atoms with Crippen LogP contribution in [0.15, 0.2) is 22.6 Å². The smallest absolute Gasteiger partial charge is 0.149 e. The first-order chi connectivity index (χ1) is 7.61. The Hall–Kier alpha value is -2.05. The van der Waals surface area contributed by atoms with Crippen molar-refractivity contribution in [3.05, 3.63) is 17.9 Å². The second-order valence-electron chi connectivity index (χ2n) is 3.42. The average Bonchev–Trinajstić information content (AvgIpc) is 2.68. The third-order valence-corrected chi connectivity index (χ3v) is 2.22. The van der Waals surface area contributed by atoms with Crippen LogP contribution in [0.4, 0.5) is 15.8 Å². The zero-order valence-electron chi connectivity index (χ0n) is 9.01. The van der Waals surface area contributed by atoms with Crippen molar-refractivity contribution >= 4 is 11.4 Å². The Labute approximate surface area is 92.0 Å². The second kappa shape index (κ2) is 3.84. The average molecular weight is 225 g/mol. The van der Waals surface area contributed by atoms with Crippen molar-refractivity contribution < 1.29 is 9.13 Å². The fourth-order valence-corrected chi connectivity index (χ4v) is 1.42. The van der Waals surface area contributed by atoms with Crippen LogP contribution in [0.5, 0.6) is 5.75 Å². The molecule has 1 aromatic rings. The number of nitrogens with two attached hydrogens (primary N) is 1. The van der Waals surface area contributed by atoms with Gasteiger partial charge in [-0.2, -0.15) is 0 Å². The third kappa shape index (κ3) is 1.71.